The zero-order valence-corrected chi connectivity index (χ0v) is 10.6. The maximum absolute atomic E-state index is 11.8. The summed E-state index contributed by atoms with van der Waals surface area (Å²) in [6.45, 7) is 0. The van der Waals surface area contributed by atoms with E-state index in [9.17, 15) is 4.79 Å². The third-order valence-electron chi connectivity index (χ3n) is 2.58. The van der Waals surface area contributed by atoms with Crippen LogP contribution in [0.25, 0.3) is 0 Å². The summed E-state index contributed by atoms with van der Waals surface area (Å²) in [5.41, 5.74) is 14.1. The highest BCUT2D eigenvalue weighted by Crippen LogP contribution is 2.16. The van der Waals surface area contributed by atoms with Crippen LogP contribution in [0.5, 0.6) is 0 Å². The van der Waals surface area contributed by atoms with Crippen LogP contribution in [-0.2, 0) is 11.2 Å². The average molecular weight is 258 g/mol. The molecule has 0 aliphatic rings. The summed E-state index contributed by atoms with van der Waals surface area (Å²) >= 11 is 0. The number of para-hydroxylation sites is 1. The monoisotopic (exact) mass is 258 g/mol. The molecule has 5 nitrogen and oxygen atoms in total. The molecule has 0 atom stereocenters. The number of nitrogen functional groups attached to an aromatic ring is 2. The van der Waals surface area contributed by atoms with Crippen molar-refractivity contribution in [2.75, 3.05) is 16.8 Å². The fourth-order valence-corrected chi connectivity index (χ4v) is 1.67. The van der Waals surface area contributed by atoms with Gasteiger partial charge in [-0.05, 0) is 29.8 Å². The molecule has 0 spiro atoms. The molecule has 0 saturated carbocycles. The summed E-state index contributed by atoms with van der Waals surface area (Å²) in [5.74, 6) is -0.0994. The number of rotatable bonds is 3. The molecule has 0 bridgehead atoms. The van der Waals surface area contributed by atoms with Gasteiger partial charge in [0.2, 0.25) is 5.91 Å². The normalized spacial score (nSPS) is 9.47. The average Bonchev–Trinajstić information content (AvgIpc) is 2.34. The van der Waals surface area contributed by atoms with Crippen LogP contribution in [0.15, 0.2) is 48.5 Å². The first kappa shape index (κ1) is 14.5. The van der Waals surface area contributed by atoms with Gasteiger partial charge in [0.05, 0.1) is 6.42 Å². The SMILES string of the molecule is N.Nc1ccc(CC(=O)Nc2ccccc2)c(N)c1. The molecule has 5 heteroatoms. The molecule has 0 aromatic heterocycles. The predicted octanol–water partition coefficient (Wildman–Crippen LogP) is 2.19. The van der Waals surface area contributed by atoms with Gasteiger partial charge in [0, 0.05) is 17.1 Å². The fraction of sp³-hybridized carbons (Fsp3) is 0.0714. The molecule has 0 unspecified atom stereocenters. The quantitative estimate of drug-likeness (QED) is 0.631. The Kier molecular flexibility index (Phi) is 4.91. The molecule has 2 rings (SSSR count). The molecule has 8 N–H and O–H groups in total. The van der Waals surface area contributed by atoms with Gasteiger partial charge in [0.25, 0.3) is 0 Å². The van der Waals surface area contributed by atoms with Crippen molar-refractivity contribution >= 4 is 23.0 Å². The van der Waals surface area contributed by atoms with Gasteiger partial charge in [-0.3, -0.25) is 4.79 Å². The molecule has 0 radical (unpaired) electrons. The zero-order chi connectivity index (χ0) is 13.0. The number of anilines is 3. The van der Waals surface area contributed by atoms with Crippen LogP contribution in [-0.4, -0.2) is 5.91 Å². The first-order chi connectivity index (χ1) is 8.65. The third kappa shape index (κ3) is 4.01. The Morgan fingerprint density at radius 3 is 2.37 bits per heavy atom. The van der Waals surface area contributed by atoms with Crippen molar-refractivity contribution in [3.8, 4) is 0 Å². The van der Waals surface area contributed by atoms with Gasteiger partial charge in [0.15, 0.2) is 0 Å². The number of carbonyl (C=O) groups is 1. The second-order valence-electron chi connectivity index (χ2n) is 4.05. The number of benzene rings is 2. The van der Waals surface area contributed by atoms with E-state index in [-0.39, 0.29) is 18.5 Å². The van der Waals surface area contributed by atoms with Gasteiger partial charge in [0.1, 0.15) is 0 Å². The molecule has 19 heavy (non-hydrogen) atoms. The summed E-state index contributed by atoms with van der Waals surface area (Å²) in [5, 5.41) is 2.81. The third-order valence-corrected chi connectivity index (χ3v) is 2.58. The van der Waals surface area contributed by atoms with Crippen LogP contribution in [0, 0.1) is 0 Å². The number of nitrogens with two attached hydrogens (primary N) is 2. The van der Waals surface area contributed by atoms with Crippen LogP contribution in [0.1, 0.15) is 5.56 Å². The lowest BCUT2D eigenvalue weighted by Gasteiger charge is -2.07. The first-order valence-corrected chi connectivity index (χ1v) is 5.64. The summed E-state index contributed by atoms with van der Waals surface area (Å²) in [4.78, 5) is 11.8. The Balaban J connectivity index is 0.00000180. The molecular formula is C14H18N4O. The summed E-state index contributed by atoms with van der Waals surface area (Å²) in [6.07, 6.45) is 0.237. The topological polar surface area (TPSA) is 116 Å². The van der Waals surface area contributed by atoms with E-state index in [1.54, 1.807) is 18.2 Å². The number of carbonyl (C=O) groups excluding carboxylic acids is 1. The Hall–Kier alpha value is -2.53. The number of hydrogen-bond acceptors (Lipinski definition) is 4. The van der Waals surface area contributed by atoms with E-state index in [4.69, 9.17) is 11.5 Å². The van der Waals surface area contributed by atoms with E-state index in [1.165, 1.54) is 0 Å². The smallest absolute Gasteiger partial charge is 0.228 e. The van der Waals surface area contributed by atoms with E-state index in [2.05, 4.69) is 5.32 Å². The Labute approximate surface area is 112 Å². The van der Waals surface area contributed by atoms with Gasteiger partial charge in [-0.25, -0.2) is 0 Å². The summed E-state index contributed by atoms with van der Waals surface area (Å²) in [6, 6.07) is 14.5. The van der Waals surface area contributed by atoms with Crippen molar-refractivity contribution in [3.63, 3.8) is 0 Å². The van der Waals surface area contributed by atoms with Gasteiger partial charge in [-0.1, -0.05) is 24.3 Å². The van der Waals surface area contributed by atoms with Gasteiger partial charge >= 0.3 is 0 Å². The van der Waals surface area contributed by atoms with Crippen molar-refractivity contribution in [1.82, 2.24) is 6.15 Å². The lowest BCUT2D eigenvalue weighted by Crippen LogP contribution is -2.15. The Bertz CT molecular complexity index is 555. The predicted molar refractivity (Wildman–Crippen MR) is 79.1 cm³/mol. The Morgan fingerprint density at radius 2 is 1.74 bits per heavy atom. The minimum absolute atomic E-state index is 0. The van der Waals surface area contributed by atoms with Crippen LogP contribution in [0.4, 0.5) is 17.1 Å². The van der Waals surface area contributed by atoms with E-state index < -0.39 is 0 Å². The maximum Gasteiger partial charge on any atom is 0.228 e. The maximum atomic E-state index is 11.8. The second kappa shape index (κ2) is 6.42. The molecule has 0 heterocycles. The molecule has 100 valence electrons. The van der Waals surface area contributed by atoms with E-state index in [1.807, 2.05) is 30.3 Å². The van der Waals surface area contributed by atoms with Gasteiger partial charge in [-0.15, -0.1) is 0 Å². The lowest BCUT2D eigenvalue weighted by molar-refractivity contribution is -0.115. The highest BCUT2D eigenvalue weighted by molar-refractivity contribution is 5.93. The molecule has 0 saturated heterocycles. The van der Waals surface area contributed by atoms with Crippen molar-refractivity contribution in [2.45, 2.75) is 6.42 Å². The van der Waals surface area contributed by atoms with Gasteiger partial charge in [-0.2, -0.15) is 0 Å². The van der Waals surface area contributed by atoms with Crippen molar-refractivity contribution < 1.29 is 4.79 Å². The highest BCUT2D eigenvalue weighted by Gasteiger charge is 2.06. The number of hydrogen-bond donors (Lipinski definition) is 4. The largest absolute Gasteiger partial charge is 0.399 e. The van der Waals surface area contributed by atoms with Crippen LogP contribution in [0.2, 0.25) is 0 Å². The second-order valence-corrected chi connectivity index (χ2v) is 4.05. The van der Waals surface area contributed by atoms with Gasteiger partial charge < -0.3 is 22.9 Å². The molecule has 0 aliphatic carbocycles. The van der Waals surface area contributed by atoms with Crippen molar-refractivity contribution in [3.05, 3.63) is 54.1 Å². The molecule has 0 fully saturated rings. The molecule has 1 amide bonds. The zero-order valence-electron chi connectivity index (χ0n) is 10.6. The van der Waals surface area contributed by atoms with Crippen LogP contribution in [0.3, 0.4) is 0 Å². The Morgan fingerprint density at radius 1 is 1.05 bits per heavy atom. The first-order valence-electron chi connectivity index (χ1n) is 5.64. The summed E-state index contributed by atoms with van der Waals surface area (Å²) < 4.78 is 0. The van der Waals surface area contributed by atoms with E-state index in [0.29, 0.717) is 11.4 Å². The van der Waals surface area contributed by atoms with Crippen LogP contribution >= 0.6 is 0 Å². The fourth-order valence-electron chi connectivity index (χ4n) is 1.67. The molecule has 2 aromatic carbocycles. The highest BCUT2D eigenvalue weighted by atomic mass is 16.1. The van der Waals surface area contributed by atoms with Crippen LogP contribution < -0.4 is 22.9 Å². The molecule has 0 aliphatic heterocycles. The minimum Gasteiger partial charge on any atom is -0.399 e. The lowest BCUT2D eigenvalue weighted by atomic mass is 10.1. The molecular weight excluding hydrogens is 240 g/mol. The summed E-state index contributed by atoms with van der Waals surface area (Å²) in [7, 11) is 0. The van der Waals surface area contributed by atoms with E-state index >= 15 is 0 Å². The van der Waals surface area contributed by atoms with Crippen molar-refractivity contribution in [1.29, 1.82) is 0 Å². The standard InChI is InChI=1S/C14H15N3O.H3N/c15-11-7-6-10(13(16)9-11)8-14(18)17-12-4-2-1-3-5-12;/h1-7,9H,8,15-16H2,(H,17,18);1H3. The van der Waals surface area contributed by atoms with E-state index in [0.717, 1.165) is 11.3 Å². The number of nitrogens with one attached hydrogen (secondary N) is 1. The minimum atomic E-state index is -0.0994. The molecule has 2 aromatic rings. The number of amides is 1. The van der Waals surface area contributed by atoms with Crippen molar-refractivity contribution in [2.24, 2.45) is 0 Å².